The average molecular weight is 371 g/mol. The van der Waals surface area contributed by atoms with Crippen molar-refractivity contribution in [2.75, 3.05) is 17.3 Å². The first kappa shape index (κ1) is 15.4. The van der Waals surface area contributed by atoms with E-state index < -0.39 is 0 Å². The van der Waals surface area contributed by atoms with Crippen LogP contribution in [0.5, 0.6) is 0 Å². The molecule has 1 aromatic heterocycles. The minimum Gasteiger partial charge on any atom is -0.396 e. The third kappa shape index (κ3) is 3.37. The summed E-state index contributed by atoms with van der Waals surface area (Å²) in [5.41, 5.74) is 7.79. The predicted molar refractivity (Wildman–Crippen MR) is 92.0 cm³/mol. The monoisotopic (exact) mass is 370 g/mol. The van der Waals surface area contributed by atoms with Gasteiger partial charge in [-0.25, -0.2) is 0 Å². The number of anilines is 2. The Morgan fingerprint density at radius 1 is 1.50 bits per heavy atom. The molecule has 0 saturated carbocycles. The minimum atomic E-state index is 0.0123. The zero-order valence-electron chi connectivity index (χ0n) is 11.2. The number of hydrogen-bond acceptors (Lipinski definition) is 5. The molecule has 2 aromatic rings. The molecular weight excluding hydrogens is 356 g/mol. The molecule has 0 unspecified atom stereocenters. The van der Waals surface area contributed by atoms with Crippen LogP contribution in [0.25, 0.3) is 0 Å². The van der Waals surface area contributed by atoms with Crippen molar-refractivity contribution in [1.29, 1.82) is 0 Å². The van der Waals surface area contributed by atoms with E-state index in [9.17, 15) is 4.79 Å². The highest BCUT2D eigenvalue weighted by molar-refractivity contribution is 9.10. The SMILES string of the molecule is CSc1c(NCc2cccc(Br)c2)sc(C(C)=O)c1N. The number of carbonyl (C=O) groups excluding carboxylic acids is 1. The summed E-state index contributed by atoms with van der Waals surface area (Å²) < 4.78 is 1.05. The van der Waals surface area contributed by atoms with Crippen LogP contribution in [-0.4, -0.2) is 12.0 Å². The number of nitrogens with one attached hydrogen (secondary N) is 1. The van der Waals surface area contributed by atoms with Crippen molar-refractivity contribution in [3.8, 4) is 0 Å². The van der Waals surface area contributed by atoms with Gasteiger partial charge in [-0.05, 0) is 24.0 Å². The lowest BCUT2D eigenvalue weighted by Gasteiger charge is -2.06. The second kappa shape index (κ2) is 6.65. The maximum atomic E-state index is 11.6. The molecule has 0 aliphatic carbocycles. The Balaban J connectivity index is 2.21. The van der Waals surface area contributed by atoms with Crippen molar-refractivity contribution in [2.24, 2.45) is 0 Å². The second-order valence-electron chi connectivity index (χ2n) is 4.25. The molecule has 0 saturated heterocycles. The number of carbonyl (C=O) groups is 1. The Kier molecular flexibility index (Phi) is 5.12. The van der Waals surface area contributed by atoms with Gasteiger partial charge in [0.25, 0.3) is 0 Å². The number of nitrogens with two attached hydrogens (primary N) is 1. The number of thioether (sulfide) groups is 1. The number of thiophene rings is 1. The van der Waals surface area contributed by atoms with Gasteiger partial charge < -0.3 is 11.1 Å². The Labute approximate surface area is 135 Å². The fourth-order valence-corrected chi connectivity index (χ4v) is 4.21. The van der Waals surface area contributed by atoms with Gasteiger partial charge in [-0.1, -0.05) is 28.1 Å². The fourth-order valence-electron chi connectivity index (χ4n) is 1.84. The van der Waals surface area contributed by atoms with E-state index in [0.717, 1.165) is 14.4 Å². The molecule has 0 amide bonds. The number of benzene rings is 1. The summed E-state index contributed by atoms with van der Waals surface area (Å²) >= 11 is 6.44. The molecule has 1 aromatic carbocycles. The molecule has 0 aliphatic rings. The second-order valence-corrected chi connectivity index (χ2v) is 7.00. The molecule has 20 heavy (non-hydrogen) atoms. The summed E-state index contributed by atoms with van der Waals surface area (Å²) in [5.74, 6) is 0.0123. The topological polar surface area (TPSA) is 55.1 Å². The Morgan fingerprint density at radius 3 is 2.85 bits per heavy atom. The first-order chi connectivity index (χ1) is 9.52. The van der Waals surface area contributed by atoms with Crippen LogP contribution in [0.1, 0.15) is 22.2 Å². The van der Waals surface area contributed by atoms with E-state index in [0.29, 0.717) is 17.1 Å². The smallest absolute Gasteiger partial charge is 0.171 e. The summed E-state index contributed by atoms with van der Waals surface area (Å²) in [4.78, 5) is 13.1. The number of rotatable bonds is 5. The fraction of sp³-hybridized carbons (Fsp3) is 0.214. The zero-order chi connectivity index (χ0) is 14.7. The van der Waals surface area contributed by atoms with Crippen LogP contribution in [0, 0.1) is 0 Å². The summed E-state index contributed by atoms with van der Waals surface area (Å²) in [7, 11) is 0. The van der Waals surface area contributed by atoms with Crippen molar-refractivity contribution >= 4 is 55.5 Å². The van der Waals surface area contributed by atoms with Crippen molar-refractivity contribution in [3.05, 3.63) is 39.2 Å². The lowest BCUT2D eigenvalue weighted by atomic mass is 10.2. The molecule has 2 rings (SSSR count). The highest BCUT2D eigenvalue weighted by atomic mass is 79.9. The minimum absolute atomic E-state index is 0.0123. The van der Waals surface area contributed by atoms with E-state index in [4.69, 9.17) is 5.73 Å². The number of nitrogen functional groups attached to an aromatic ring is 1. The van der Waals surface area contributed by atoms with Crippen LogP contribution >= 0.6 is 39.0 Å². The van der Waals surface area contributed by atoms with Gasteiger partial charge in [-0.3, -0.25) is 4.79 Å². The molecule has 1 heterocycles. The molecule has 106 valence electrons. The number of Topliss-reactive ketones (excluding diaryl/α,β-unsaturated/α-hetero) is 1. The Hall–Kier alpha value is -0.980. The van der Waals surface area contributed by atoms with Crippen LogP contribution in [0.3, 0.4) is 0 Å². The van der Waals surface area contributed by atoms with Gasteiger partial charge in [0.05, 0.1) is 15.5 Å². The van der Waals surface area contributed by atoms with Crippen LogP contribution in [0.4, 0.5) is 10.7 Å². The van der Waals surface area contributed by atoms with Crippen LogP contribution < -0.4 is 11.1 Å². The van der Waals surface area contributed by atoms with Crippen LogP contribution in [0.15, 0.2) is 33.6 Å². The van der Waals surface area contributed by atoms with Gasteiger partial charge >= 0.3 is 0 Å². The molecule has 0 spiro atoms. The first-order valence-electron chi connectivity index (χ1n) is 5.98. The maximum absolute atomic E-state index is 11.6. The highest BCUT2D eigenvalue weighted by Gasteiger charge is 2.17. The summed E-state index contributed by atoms with van der Waals surface area (Å²) in [6.45, 7) is 2.24. The first-order valence-corrected chi connectivity index (χ1v) is 8.82. The van der Waals surface area contributed by atoms with E-state index in [-0.39, 0.29) is 5.78 Å². The quantitative estimate of drug-likeness (QED) is 0.594. The number of ketones is 1. The maximum Gasteiger partial charge on any atom is 0.171 e. The summed E-state index contributed by atoms with van der Waals surface area (Å²) in [5, 5.41) is 4.33. The van der Waals surface area contributed by atoms with Crippen molar-refractivity contribution in [2.45, 2.75) is 18.4 Å². The standard InChI is InChI=1S/C14H15BrN2OS2/c1-8(18)12-11(16)13(19-2)14(20-12)17-7-9-4-3-5-10(15)6-9/h3-6,17H,7,16H2,1-2H3. The summed E-state index contributed by atoms with van der Waals surface area (Å²) in [6.07, 6.45) is 1.96. The molecule has 3 nitrogen and oxygen atoms in total. The third-order valence-electron chi connectivity index (χ3n) is 2.77. The third-order valence-corrected chi connectivity index (χ3v) is 5.48. The van der Waals surface area contributed by atoms with Crippen LogP contribution in [-0.2, 0) is 6.54 Å². The Morgan fingerprint density at radius 2 is 2.25 bits per heavy atom. The van der Waals surface area contributed by atoms with E-state index >= 15 is 0 Å². The number of hydrogen-bond donors (Lipinski definition) is 2. The highest BCUT2D eigenvalue weighted by Crippen LogP contribution is 2.42. The van der Waals surface area contributed by atoms with E-state index in [1.165, 1.54) is 16.9 Å². The largest absolute Gasteiger partial charge is 0.396 e. The Bertz CT molecular complexity index is 640. The molecule has 0 aliphatic heterocycles. The molecule has 3 N–H and O–H groups in total. The molecule has 0 atom stereocenters. The lowest BCUT2D eigenvalue weighted by Crippen LogP contribution is -1.98. The molecule has 0 bridgehead atoms. The summed E-state index contributed by atoms with van der Waals surface area (Å²) in [6, 6.07) is 8.11. The molecule has 0 radical (unpaired) electrons. The van der Waals surface area contributed by atoms with Gasteiger partial charge in [0.2, 0.25) is 0 Å². The molecular formula is C14H15BrN2OS2. The van der Waals surface area contributed by atoms with Gasteiger partial charge in [0, 0.05) is 17.9 Å². The average Bonchev–Trinajstić information content (AvgIpc) is 2.73. The molecule has 0 fully saturated rings. The van der Waals surface area contributed by atoms with Crippen molar-refractivity contribution in [1.82, 2.24) is 0 Å². The number of halogens is 1. The van der Waals surface area contributed by atoms with Crippen molar-refractivity contribution in [3.63, 3.8) is 0 Å². The van der Waals surface area contributed by atoms with E-state index in [1.54, 1.807) is 18.7 Å². The predicted octanol–water partition coefficient (Wildman–Crippen LogP) is 4.63. The van der Waals surface area contributed by atoms with E-state index in [2.05, 4.69) is 33.4 Å². The van der Waals surface area contributed by atoms with Gasteiger partial charge in [0.15, 0.2) is 5.78 Å². The van der Waals surface area contributed by atoms with Crippen molar-refractivity contribution < 1.29 is 4.79 Å². The van der Waals surface area contributed by atoms with Crippen LogP contribution in [0.2, 0.25) is 0 Å². The van der Waals surface area contributed by atoms with E-state index in [1.807, 2.05) is 18.4 Å². The zero-order valence-corrected chi connectivity index (χ0v) is 14.4. The van der Waals surface area contributed by atoms with Gasteiger partial charge in [-0.15, -0.1) is 23.1 Å². The normalized spacial score (nSPS) is 10.6. The lowest BCUT2D eigenvalue weighted by molar-refractivity contribution is 0.102. The molecule has 6 heteroatoms. The van der Waals surface area contributed by atoms with Gasteiger partial charge in [0.1, 0.15) is 5.00 Å². The van der Waals surface area contributed by atoms with Gasteiger partial charge in [-0.2, -0.15) is 0 Å².